The maximum atomic E-state index is 12.1. The van der Waals surface area contributed by atoms with Crippen LogP contribution in [0.4, 0.5) is 0 Å². The molecule has 0 saturated carbocycles. The fourth-order valence-electron chi connectivity index (χ4n) is 2.24. The standard InChI is InChI=1S/C17H16N2O5S/c20-16(12-3-6-14-15(9-12)24-10-23-14)18-7-8-22-13-4-1-11(2-5-13)17(25)19-21/h1-6,9,21H,7-8,10H2,(H,18,20)(H,19,25). The minimum atomic E-state index is -0.211. The summed E-state index contributed by atoms with van der Waals surface area (Å²) in [4.78, 5) is 12.3. The van der Waals surface area contributed by atoms with Crippen molar-refractivity contribution >= 4 is 23.1 Å². The fourth-order valence-corrected chi connectivity index (χ4v) is 2.38. The van der Waals surface area contributed by atoms with Crippen LogP contribution in [0.5, 0.6) is 17.2 Å². The van der Waals surface area contributed by atoms with Crippen LogP contribution in [0.15, 0.2) is 42.5 Å². The van der Waals surface area contributed by atoms with E-state index in [0.29, 0.717) is 41.5 Å². The lowest BCUT2D eigenvalue weighted by atomic mass is 10.2. The van der Waals surface area contributed by atoms with Gasteiger partial charge in [-0.05, 0) is 42.5 Å². The van der Waals surface area contributed by atoms with Crippen molar-refractivity contribution in [2.75, 3.05) is 19.9 Å². The molecule has 0 aliphatic carbocycles. The average molecular weight is 360 g/mol. The Kier molecular flexibility index (Phi) is 5.32. The van der Waals surface area contributed by atoms with E-state index in [4.69, 9.17) is 31.6 Å². The van der Waals surface area contributed by atoms with Gasteiger partial charge in [-0.15, -0.1) is 0 Å². The van der Waals surface area contributed by atoms with Crippen molar-refractivity contribution in [3.8, 4) is 17.2 Å². The molecule has 7 nitrogen and oxygen atoms in total. The number of hydrogen-bond acceptors (Lipinski definition) is 6. The van der Waals surface area contributed by atoms with E-state index in [1.807, 2.05) is 5.48 Å². The lowest BCUT2D eigenvalue weighted by Crippen LogP contribution is -2.28. The van der Waals surface area contributed by atoms with Gasteiger partial charge in [0.05, 0.1) is 6.54 Å². The molecular formula is C17H16N2O5S. The Labute approximate surface area is 149 Å². The quantitative estimate of drug-likeness (QED) is 0.412. The molecule has 3 rings (SSSR count). The van der Waals surface area contributed by atoms with Gasteiger partial charge in [-0.2, -0.15) is 0 Å². The van der Waals surface area contributed by atoms with E-state index in [0.717, 1.165) is 0 Å². The summed E-state index contributed by atoms with van der Waals surface area (Å²) in [6.07, 6.45) is 0. The van der Waals surface area contributed by atoms with E-state index >= 15 is 0 Å². The minimum Gasteiger partial charge on any atom is -0.492 e. The Morgan fingerprint density at radius 2 is 1.84 bits per heavy atom. The van der Waals surface area contributed by atoms with Crippen LogP contribution < -0.4 is 25.0 Å². The summed E-state index contributed by atoms with van der Waals surface area (Å²) < 4.78 is 16.0. The Morgan fingerprint density at radius 1 is 1.12 bits per heavy atom. The Bertz CT molecular complexity index is 779. The van der Waals surface area contributed by atoms with Crippen molar-refractivity contribution < 1.29 is 24.2 Å². The van der Waals surface area contributed by atoms with Crippen LogP contribution in [0.2, 0.25) is 0 Å². The molecule has 0 bridgehead atoms. The molecule has 1 aliphatic heterocycles. The van der Waals surface area contributed by atoms with Crippen molar-refractivity contribution in [2.24, 2.45) is 0 Å². The van der Waals surface area contributed by atoms with Gasteiger partial charge < -0.3 is 19.5 Å². The van der Waals surface area contributed by atoms with Gasteiger partial charge in [-0.3, -0.25) is 15.5 Å². The first-order valence-corrected chi connectivity index (χ1v) is 7.93. The summed E-state index contributed by atoms with van der Waals surface area (Å²) in [6, 6.07) is 12.0. The maximum absolute atomic E-state index is 12.1. The van der Waals surface area contributed by atoms with Gasteiger partial charge >= 0.3 is 0 Å². The summed E-state index contributed by atoms with van der Waals surface area (Å²) >= 11 is 4.91. The molecule has 0 fully saturated rings. The van der Waals surface area contributed by atoms with Crippen LogP contribution in [0.25, 0.3) is 0 Å². The largest absolute Gasteiger partial charge is 0.492 e. The third-order valence-corrected chi connectivity index (χ3v) is 3.84. The normalized spacial score (nSPS) is 11.7. The van der Waals surface area contributed by atoms with Gasteiger partial charge in [0.25, 0.3) is 5.91 Å². The Hall–Kier alpha value is -2.84. The summed E-state index contributed by atoms with van der Waals surface area (Å²) in [5.41, 5.74) is 3.10. The zero-order valence-electron chi connectivity index (χ0n) is 13.2. The second-order valence-electron chi connectivity index (χ2n) is 5.14. The second kappa shape index (κ2) is 7.82. The van der Waals surface area contributed by atoms with Gasteiger partial charge in [0.15, 0.2) is 11.5 Å². The number of benzene rings is 2. The fraction of sp³-hybridized carbons (Fsp3) is 0.176. The highest BCUT2D eigenvalue weighted by Gasteiger charge is 2.15. The molecule has 8 heteroatoms. The number of hydroxylamine groups is 1. The number of carbonyl (C=O) groups is 1. The Morgan fingerprint density at radius 3 is 2.60 bits per heavy atom. The predicted octanol–water partition coefficient (Wildman–Crippen LogP) is 1.88. The van der Waals surface area contributed by atoms with E-state index in [9.17, 15) is 4.79 Å². The van der Waals surface area contributed by atoms with Crippen LogP contribution in [0.1, 0.15) is 15.9 Å². The van der Waals surface area contributed by atoms with Gasteiger partial charge in [-0.1, -0.05) is 12.2 Å². The van der Waals surface area contributed by atoms with Crippen molar-refractivity contribution in [1.29, 1.82) is 0 Å². The first kappa shape index (κ1) is 17.0. The molecule has 0 atom stereocenters. The molecule has 0 saturated heterocycles. The number of thiocarbonyl (C=S) groups is 1. The molecule has 2 aromatic rings. The van der Waals surface area contributed by atoms with Gasteiger partial charge in [-0.25, -0.2) is 0 Å². The first-order valence-electron chi connectivity index (χ1n) is 7.52. The summed E-state index contributed by atoms with van der Waals surface area (Å²) in [7, 11) is 0. The predicted molar refractivity (Wildman–Crippen MR) is 93.5 cm³/mol. The van der Waals surface area contributed by atoms with Gasteiger partial charge in [0, 0.05) is 11.1 Å². The molecule has 0 unspecified atom stereocenters. The second-order valence-corrected chi connectivity index (χ2v) is 5.55. The van der Waals surface area contributed by atoms with E-state index in [-0.39, 0.29) is 17.7 Å². The van der Waals surface area contributed by atoms with E-state index in [1.165, 1.54) is 0 Å². The van der Waals surface area contributed by atoms with Crippen LogP contribution in [0.3, 0.4) is 0 Å². The molecule has 1 amide bonds. The van der Waals surface area contributed by atoms with Crippen molar-refractivity contribution in [3.05, 3.63) is 53.6 Å². The van der Waals surface area contributed by atoms with Gasteiger partial charge in [0.2, 0.25) is 6.79 Å². The molecule has 0 aromatic heterocycles. The van der Waals surface area contributed by atoms with E-state index < -0.39 is 0 Å². The lowest BCUT2D eigenvalue weighted by molar-refractivity contribution is 0.0946. The molecule has 25 heavy (non-hydrogen) atoms. The van der Waals surface area contributed by atoms with Crippen LogP contribution in [-0.4, -0.2) is 36.0 Å². The third-order valence-electron chi connectivity index (χ3n) is 3.51. The summed E-state index contributed by atoms with van der Waals surface area (Å²) in [5, 5.41) is 11.5. The highest BCUT2D eigenvalue weighted by atomic mass is 32.1. The highest BCUT2D eigenvalue weighted by molar-refractivity contribution is 7.80. The van der Waals surface area contributed by atoms with Crippen LogP contribution in [-0.2, 0) is 0 Å². The average Bonchev–Trinajstić information content (AvgIpc) is 3.12. The molecular weight excluding hydrogens is 344 g/mol. The van der Waals surface area contributed by atoms with Crippen molar-refractivity contribution in [1.82, 2.24) is 10.8 Å². The summed E-state index contributed by atoms with van der Waals surface area (Å²) in [5.74, 6) is 1.64. The molecule has 0 radical (unpaired) electrons. The maximum Gasteiger partial charge on any atom is 0.251 e. The number of fused-ring (bicyclic) bond motifs is 1. The van der Waals surface area contributed by atoms with Crippen LogP contribution in [0, 0.1) is 0 Å². The number of carbonyl (C=O) groups excluding carboxylic acids is 1. The smallest absolute Gasteiger partial charge is 0.251 e. The molecule has 0 spiro atoms. The molecule has 1 heterocycles. The minimum absolute atomic E-state index is 0.173. The molecule has 3 N–H and O–H groups in total. The monoisotopic (exact) mass is 360 g/mol. The topological polar surface area (TPSA) is 89.1 Å². The number of nitrogens with one attached hydrogen (secondary N) is 2. The molecule has 1 aliphatic rings. The Balaban J connectivity index is 1.45. The first-order chi connectivity index (χ1) is 12.2. The highest BCUT2D eigenvalue weighted by Crippen LogP contribution is 2.32. The van der Waals surface area contributed by atoms with Crippen molar-refractivity contribution in [2.45, 2.75) is 0 Å². The lowest BCUT2D eigenvalue weighted by Gasteiger charge is -2.09. The zero-order chi connectivity index (χ0) is 17.6. The van der Waals surface area contributed by atoms with Gasteiger partial charge in [0.1, 0.15) is 17.3 Å². The zero-order valence-corrected chi connectivity index (χ0v) is 14.0. The van der Waals surface area contributed by atoms with Crippen LogP contribution >= 0.6 is 12.2 Å². The summed E-state index contributed by atoms with van der Waals surface area (Å²) in [6.45, 7) is 0.843. The number of hydrogen-bond donors (Lipinski definition) is 3. The van der Waals surface area contributed by atoms with E-state index in [1.54, 1.807) is 42.5 Å². The number of amides is 1. The number of rotatable bonds is 6. The molecule has 130 valence electrons. The SMILES string of the molecule is O=C(NCCOc1ccc(C(=S)NO)cc1)c1ccc2c(c1)OCO2. The van der Waals surface area contributed by atoms with E-state index in [2.05, 4.69) is 5.32 Å². The third kappa shape index (κ3) is 4.17. The van der Waals surface area contributed by atoms with Crippen molar-refractivity contribution in [3.63, 3.8) is 0 Å². The molecule has 2 aromatic carbocycles. The number of ether oxygens (including phenoxy) is 3.